The first-order chi connectivity index (χ1) is 30.2. The zero-order chi connectivity index (χ0) is 45.4. The van der Waals surface area contributed by atoms with Crippen molar-refractivity contribution in [3.8, 4) is 0 Å². The molecular weight excluding hydrogens is 769 g/mol. The predicted molar refractivity (Wildman–Crippen MR) is 266 cm³/mol. The van der Waals surface area contributed by atoms with E-state index in [0.717, 1.165) is 69.6 Å². The lowest BCUT2D eigenvalue weighted by atomic mass is 10.0. The number of rotatable bonds is 50. The molecule has 0 aromatic rings. The minimum atomic E-state index is -0.762. The van der Waals surface area contributed by atoms with Gasteiger partial charge in [0, 0.05) is 19.3 Å². The zero-order valence-electron chi connectivity index (χ0n) is 42.5. The van der Waals surface area contributed by atoms with Gasteiger partial charge < -0.3 is 14.2 Å². The molecule has 0 fully saturated rings. The molecule has 0 rings (SSSR count). The summed E-state index contributed by atoms with van der Waals surface area (Å²) < 4.78 is 16.9. The first-order valence-electron chi connectivity index (χ1n) is 27.7. The Labute approximate surface area is 387 Å². The van der Waals surface area contributed by atoms with Gasteiger partial charge in [0.25, 0.3) is 0 Å². The maximum atomic E-state index is 12.8. The van der Waals surface area contributed by atoms with Gasteiger partial charge in [0.05, 0.1) is 0 Å². The van der Waals surface area contributed by atoms with Gasteiger partial charge in [-0.2, -0.15) is 0 Å². The van der Waals surface area contributed by atoms with Crippen LogP contribution in [0.4, 0.5) is 0 Å². The lowest BCUT2D eigenvalue weighted by Gasteiger charge is -2.18. The fourth-order valence-corrected chi connectivity index (χ4v) is 8.52. The van der Waals surface area contributed by atoms with Gasteiger partial charge >= 0.3 is 17.9 Å². The molecule has 0 aromatic carbocycles. The first kappa shape index (κ1) is 60.4. The number of carbonyl (C=O) groups excluding carboxylic acids is 3. The molecule has 0 aromatic heterocycles. The van der Waals surface area contributed by atoms with Gasteiger partial charge in [-0.25, -0.2) is 0 Å². The van der Waals surface area contributed by atoms with Crippen molar-refractivity contribution in [2.45, 2.75) is 317 Å². The molecule has 0 radical (unpaired) electrons. The average Bonchev–Trinajstić information content (AvgIpc) is 3.24. The fraction of sp³-hybridized carbons (Fsp3) is 0.946. The van der Waals surface area contributed by atoms with E-state index >= 15 is 0 Å². The fourth-order valence-electron chi connectivity index (χ4n) is 8.52. The van der Waals surface area contributed by atoms with Gasteiger partial charge in [-0.3, -0.25) is 14.4 Å². The van der Waals surface area contributed by atoms with Crippen molar-refractivity contribution in [1.29, 1.82) is 0 Å². The largest absolute Gasteiger partial charge is 0.462 e. The smallest absolute Gasteiger partial charge is 0.306 e. The molecule has 0 unspecified atom stereocenters. The first-order valence-corrected chi connectivity index (χ1v) is 27.7. The normalized spacial score (nSPS) is 12.0. The van der Waals surface area contributed by atoms with Crippen LogP contribution in [-0.4, -0.2) is 37.2 Å². The third-order valence-electron chi connectivity index (χ3n) is 12.7. The van der Waals surface area contributed by atoms with Gasteiger partial charge in [-0.1, -0.05) is 272 Å². The Kier molecular flexibility index (Phi) is 47.6. The number of unbranched alkanes of at least 4 members (excludes halogenated alkanes) is 35. The highest BCUT2D eigenvalue weighted by Crippen LogP contribution is 2.18. The summed E-state index contributed by atoms with van der Waals surface area (Å²) in [5.41, 5.74) is 0. The maximum Gasteiger partial charge on any atom is 0.306 e. The van der Waals surface area contributed by atoms with Crippen LogP contribution in [0.15, 0.2) is 0 Å². The molecular formula is C56H108O6. The van der Waals surface area contributed by atoms with E-state index in [1.165, 1.54) is 199 Å². The van der Waals surface area contributed by atoms with E-state index in [1.54, 1.807) is 0 Å². The van der Waals surface area contributed by atoms with Crippen molar-refractivity contribution in [1.82, 2.24) is 0 Å². The molecule has 6 heteroatoms. The van der Waals surface area contributed by atoms with Crippen LogP contribution in [0.2, 0.25) is 0 Å². The molecule has 0 spiro atoms. The molecule has 0 bridgehead atoms. The monoisotopic (exact) mass is 877 g/mol. The summed E-state index contributed by atoms with van der Waals surface area (Å²) in [6, 6.07) is 0. The van der Waals surface area contributed by atoms with Crippen LogP contribution in [0.1, 0.15) is 311 Å². The van der Waals surface area contributed by atoms with Crippen molar-refractivity contribution in [3.63, 3.8) is 0 Å². The molecule has 62 heavy (non-hydrogen) atoms. The van der Waals surface area contributed by atoms with Crippen molar-refractivity contribution < 1.29 is 28.6 Å². The van der Waals surface area contributed by atoms with Crippen molar-refractivity contribution in [2.24, 2.45) is 11.8 Å². The minimum absolute atomic E-state index is 0.0632. The average molecular weight is 877 g/mol. The van der Waals surface area contributed by atoms with Crippen molar-refractivity contribution in [2.75, 3.05) is 13.2 Å². The molecule has 0 heterocycles. The molecule has 0 N–H and O–H groups in total. The molecule has 0 saturated carbocycles. The van der Waals surface area contributed by atoms with Gasteiger partial charge in [-0.15, -0.1) is 0 Å². The van der Waals surface area contributed by atoms with E-state index in [9.17, 15) is 14.4 Å². The van der Waals surface area contributed by atoms with E-state index < -0.39 is 6.10 Å². The van der Waals surface area contributed by atoms with Crippen LogP contribution in [0, 0.1) is 11.8 Å². The number of ether oxygens (including phenoxy) is 3. The summed E-state index contributed by atoms with van der Waals surface area (Å²) in [5, 5.41) is 0. The van der Waals surface area contributed by atoms with Gasteiger partial charge in [-0.05, 0) is 31.1 Å². The summed E-state index contributed by atoms with van der Waals surface area (Å²) in [7, 11) is 0. The number of carbonyl (C=O) groups is 3. The van der Waals surface area contributed by atoms with Gasteiger partial charge in [0.15, 0.2) is 6.10 Å². The lowest BCUT2D eigenvalue weighted by molar-refractivity contribution is -0.167. The van der Waals surface area contributed by atoms with Crippen LogP contribution < -0.4 is 0 Å². The molecule has 0 aliphatic rings. The number of hydrogen-bond acceptors (Lipinski definition) is 6. The molecule has 0 aliphatic carbocycles. The Hall–Kier alpha value is -1.59. The van der Waals surface area contributed by atoms with E-state index in [1.807, 2.05) is 0 Å². The van der Waals surface area contributed by atoms with E-state index in [2.05, 4.69) is 34.6 Å². The second-order valence-corrected chi connectivity index (χ2v) is 20.2. The van der Waals surface area contributed by atoms with Crippen LogP contribution in [0.5, 0.6) is 0 Å². The SMILES string of the molecule is CCCCCCCCCCCCCCCCCC(=O)O[C@@H](COC(=O)CCCCCCCCCCCCCCCCC(C)C)COC(=O)CCCCCCCCCCCC(C)C. The zero-order valence-corrected chi connectivity index (χ0v) is 42.5. The van der Waals surface area contributed by atoms with Crippen LogP contribution in [0.3, 0.4) is 0 Å². The Morgan fingerprint density at radius 3 is 0.790 bits per heavy atom. The summed E-state index contributed by atoms with van der Waals surface area (Å²) in [6.07, 6.45) is 50.9. The minimum Gasteiger partial charge on any atom is -0.462 e. The van der Waals surface area contributed by atoms with E-state index in [4.69, 9.17) is 14.2 Å². The van der Waals surface area contributed by atoms with E-state index in [-0.39, 0.29) is 31.1 Å². The predicted octanol–water partition coefficient (Wildman–Crippen LogP) is 18.1. The van der Waals surface area contributed by atoms with Crippen molar-refractivity contribution >= 4 is 17.9 Å². The molecule has 368 valence electrons. The molecule has 1 atom stereocenters. The van der Waals surface area contributed by atoms with Gasteiger partial charge in [0.2, 0.25) is 0 Å². The van der Waals surface area contributed by atoms with Gasteiger partial charge in [0.1, 0.15) is 13.2 Å². The molecule has 0 aliphatic heterocycles. The Balaban J connectivity index is 4.29. The highest BCUT2D eigenvalue weighted by atomic mass is 16.6. The van der Waals surface area contributed by atoms with Crippen molar-refractivity contribution in [3.05, 3.63) is 0 Å². The molecule has 0 saturated heterocycles. The summed E-state index contributed by atoms with van der Waals surface area (Å²) in [6.45, 7) is 11.4. The Bertz CT molecular complexity index is 947. The highest BCUT2D eigenvalue weighted by Gasteiger charge is 2.19. The summed E-state index contributed by atoms with van der Waals surface area (Å²) >= 11 is 0. The summed E-state index contributed by atoms with van der Waals surface area (Å²) in [5.74, 6) is 0.810. The topological polar surface area (TPSA) is 78.9 Å². The highest BCUT2D eigenvalue weighted by molar-refractivity contribution is 5.71. The molecule has 0 amide bonds. The Morgan fingerprint density at radius 2 is 0.532 bits per heavy atom. The lowest BCUT2D eigenvalue weighted by Crippen LogP contribution is -2.30. The summed E-state index contributed by atoms with van der Waals surface area (Å²) in [4.78, 5) is 38.0. The number of esters is 3. The van der Waals surface area contributed by atoms with E-state index in [0.29, 0.717) is 19.3 Å². The number of hydrogen-bond donors (Lipinski definition) is 0. The maximum absolute atomic E-state index is 12.8. The third-order valence-corrected chi connectivity index (χ3v) is 12.7. The van der Waals surface area contributed by atoms with Crippen LogP contribution in [-0.2, 0) is 28.6 Å². The second kappa shape index (κ2) is 48.9. The third kappa shape index (κ3) is 49.4. The second-order valence-electron chi connectivity index (χ2n) is 20.2. The van der Waals surface area contributed by atoms with Crippen LogP contribution in [0.25, 0.3) is 0 Å². The quantitative estimate of drug-likeness (QED) is 0.0344. The molecule has 6 nitrogen and oxygen atoms in total. The van der Waals surface area contributed by atoms with Crippen LogP contribution >= 0.6 is 0 Å². The Morgan fingerprint density at radius 1 is 0.306 bits per heavy atom. The standard InChI is InChI=1S/C56H108O6/c1-6-7-8-9-10-11-12-13-14-19-22-27-33-38-43-48-56(59)62-53(50-61-55(58)47-42-37-32-28-23-25-30-35-40-45-52(4)5)49-60-54(57)46-41-36-31-26-21-18-16-15-17-20-24-29-34-39-44-51(2)3/h51-53H,6-50H2,1-5H3/t53-/m0/s1.